The van der Waals surface area contributed by atoms with Crippen molar-refractivity contribution in [3.63, 3.8) is 0 Å². The van der Waals surface area contributed by atoms with Crippen LogP contribution in [0.25, 0.3) is 22.6 Å². The van der Waals surface area contributed by atoms with Gasteiger partial charge in [-0.15, -0.1) is 13.2 Å². The van der Waals surface area contributed by atoms with Crippen molar-refractivity contribution in [2.45, 2.75) is 12.9 Å². The summed E-state index contributed by atoms with van der Waals surface area (Å²) in [7, 11) is 0. The highest BCUT2D eigenvalue weighted by Crippen LogP contribution is 2.29. The van der Waals surface area contributed by atoms with Gasteiger partial charge in [0.05, 0.1) is 18.0 Å². The van der Waals surface area contributed by atoms with Crippen LogP contribution in [0.1, 0.15) is 0 Å². The predicted octanol–water partition coefficient (Wildman–Crippen LogP) is 4.82. The van der Waals surface area contributed by atoms with Crippen LogP contribution >= 0.6 is 0 Å². The number of benzene rings is 2. The molecule has 0 saturated heterocycles. The van der Waals surface area contributed by atoms with Gasteiger partial charge in [-0.2, -0.15) is 5.10 Å². The van der Waals surface area contributed by atoms with E-state index in [0.717, 1.165) is 24.5 Å². The molecule has 0 aliphatic carbocycles. The highest BCUT2D eigenvalue weighted by Gasteiger charge is 2.31. The summed E-state index contributed by atoms with van der Waals surface area (Å²) in [5.41, 5.74) is 1.48. The highest BCUT2D eigenvalue weighted by molar-refractivity contribution is 5.90. The number of hydrogen-bond acceptors (Lipinski definition) is 5. The number of carbonyl (C=O) groups excluding carboxylic acids is 1. The van der Waals surface area contributed by atoms with Crippen molar-refractivity contribution in [3.8, 4) is 28.4 Å². The third-order valence-electron chi connectivity index (χ3n) is 4.42. The van der Waals surface area contributed by atoms with Crippen LogP contribution in [0.3, 0.4) is 0 Å². The van der Waals surface area contributed by atoms with Crippen LogP contribution in [0.4, 0.5) is 27.6 Å². The summed E-state index contributed by atoms with van der Waals surface area (Å²) in [5, 5.41) is 6.90. The van der Waals surface area contributed by atoms with Gasteiger partial charge in [0.25, 0.3) is 0 Å². The average molecular weight is 475 g/mol. The van der Waals surface area contributed by atoms with Crippen molar-refractivity contribution >= 4 is 11.6 Å². The second-order valence-corrected chi connectivity index (χ2v) is 6.94. The van der Waals surface area contributed by atoms with Gasteiger partial charge in [-0.25, -0.2) is 18.7 Å². The number of nitrogens with one attached hydrogen (secondary N) is 1. The lowest BCUT2D eigenvalue weighted by Crippen LogP contribution is -2.19. The van der Waals surface area contributed by atoms with Crippen molar-refractivity contribution in [2.75, 3.05) is 5.32 Å². The van der Waals surface area contributed by atoms with Gasteiger partial charge in [0, 0.05) is 17.4 Å². The second-order valence-electron chi connectivity index (χ2n) is 6.94. The number of aromatic nitrogens is 4. The Morgan fingerprint density at radius 3 is 2.21 bits per heavy atom. The number of amides is 1. The number of nitrogens with zero attached hydrogens (tertiary/aromatic N) is 4. The van der Waals surface area contributed by atoms with Crippen LogP contribution in [-0.2, 0) is 11.3 Å². The third kappa shape index (κ3) is 5.71. The zero-order valence-electron chi connectivity index (χ0n) is 17.1. The Balaban J connectivity index is 1.54. The van der Waals surface area contributed by atoms with Crippen LogP contribution in [0.2, 0.25) is 0 Å². The number of anilines is 1. The van der Waals surface area contributed by atoms with Gasteiger partial charge < -0.3 is 10.1 Å². The molecule has 0 bridgehead atoms. The van der Waals surface area contributed by atoms with Gasteiger partial charge in [-0.05, 0) is 48.5 Å². The van der Waals surface area contributed by atoms with E-state index in [1.165, 1.54) is 47.3 Å². The first-order valence-electron chi connectivity index (χ1n) is 9.63. The summed E-state index contributed by atoms with van der Waals surface area (Å²) in [6.45, 7) is -0.268. The molecule has 34 heavy (non-hydrogen) atoms. The summed E-state index contributed by atoms with van der Waals surface area (Å²) in [6.07, 6.45) is -1.38. The zero-order valence-corrected chi connectivity index (χ0v) is 17.1. The molecular weight excluding hydrogens is 461 g/mol. The number of rotatable bonds is 6. The fourth-order valence-corrected chi connectivity index (χ4v) is 3.03. The quantitative estimate of drug-likeness (QED) is 0.405. The molecule has 0 radical (unpaired) electrons. The lowest BCUT2D eigenvalue weighted by molar-refractivity contribution is -0.274. The lowest BCUT2D eigenvalue weighted by Gasteiger charge is -2.10. The molecule has 2 aromatic heterocycles. The zero-order chi connectivity index (χ0) is 24.3. The van der Waals surface area contributed by atoms with Crippen LogP contribution in [0.15, 0.2) is 67.1 Å². The Morgan fingerprint density at radius 2 is 1.59 bits per heavy atom. The molecule has 2 aromatic carbocycles. The monoisotopic (exact) mass is 475 g/mol. The van der Waals surface area contributed by atoms with E-state index < -0.39 is 29.7 Å². The van der Waals surface area contributed by atoms with E-state index in [4.69, 9.17) is 0 Å². The van der Waals surface area contributed by atoms with Gasteiger partial charge in [0.15, 0.2) is 11.6 Å². The maximum Gasteiger partial charge on any atom is 0.573 e. The van der Waals surface area contributed by atoms with Crippen molar-refractivity contribution in [3.05, 3.63) is 78.8 Å². The summed E-state index contributed by atoms with van der Waals surface area (Å²) in [4.78, 5) is 20.3. The van der Waals surface area contributed by atoms with Gasteiger partial charge in [0.2, 0.25) is 5.91 Å². The Hall–Kier alpha value is -4.35. The summed E-state index contributed by atoms with van der Waals surface area (Å²) in [5.74, 6) is -1.89. The molecular formula is C22H14F5N5O2. The molecule has 7 nitrogen and oxygen atoms in total. The summed E-state index contributed by atoms with van der Waals surface area (Å²) >= 11 is 0. The van der Waals surface area contributed by atoms with E-state index in [1.807, 2.05) is 0 Å². The smallest absolute Gasteiger partial charge is 0.406 e. The molecule has 4 rings (SSSR count). The molecule has 0 fully saturated rings. The first-order valence-corrected chi connectivity index (χ1v) is 9.63. The Bertz CT molecular complexity index is 1220. The Labute approximate surface area is 188 Å². The maximum absolute atomic E-state index is 13.4. The molecule has 0 aliphatic rings. The number of carbonyl (C=O) groups is 1. The highest BCUT2D eigenvalue weighted by atomic mass is 19.4. The number of halogens is 5. The van der Waals surface area contributed by atoms with Crippen LogP contribution in [0, 0.1) is 11.6 Å². The normalized spacial score (nSPS) is 11.3. The largest absolute Gasteiger partial charge is 0.573 e. The third-order valence-corrected chi connectivity index (χ3v) is 4.42. The molecule has 0 unspecified atom stereocenters. The molecule has 0 aliphatic heterocycles. The molecule has 174 valence electrons. The van der Waals surface area contributed by atoms with E-state index >= 15 is 0 Å². The van der Waals surface area contributed by atoms with E-state index in [0.29, 0.717) is 16.8 Å². The number of ether oxygens (including phenoxy) is 1. The Kier molecular flexibility index (Phi) is 6.21. The van der Waals surface area contributed by atoms with Gasteiger partial charge in [-0.1, -0.05) is 0 Å². The standard InChI is InChI=1S/C22H14F5N5O2/c23-14-3-1-13(2-4-14)20-18(21-28-9-15(24)10-29-21)11-32(31-20)12-19(33)30-16-5-7-17(8-6-16)34-22(25,26)27/h1-11H,12H2,(H,30,33). The molecule has 12 heteroatoms. The fraction of sp³-hybridized carbons (Fsp3) is 0.0909. The number of hydrogen-bond donors (Lipinski definition) is 1. The molecule has 2 heterocycles. The first kappa shape index (κ1) is 22.8. The minimum Gasteiger partial charge on any atom is -0.406 e. The topological polar surface area (TPSA) is 81.9 Å². The van der Waals surface area contributed by atoms with Gasteiger partial charge in [0.1, 0.15) is 23.8 Å². The Morgan fingerprint density at radius 1 is 0.941 bits per heavy atom. The van der Waals surface area contributed by atoms with Crippen LogP contribution in [-0.4, -0.2) is 32.0 Å². The van der Waals surface area contributed by atoms with Crippen molar-refractivity contribution in [1.29, 1.82) is 0 Å². The van der Waals surface area contributed by atoms with Crippen LogP contribution < -0.4 is 10.1 Å². The minimum atomic E-state index is -4.82. The summed E-state index contributed by atoms with van der Waals surface area (Å²) in [6, 6.07) is 10.1. The SMILES string of the molecule is O=C(Cn1cc(-c2ncc(F)cn2)c(-c2ccc(F)cc2)n1)Nc1ccc(OC(F)(F)F)cc1. The van der Waals surface area contributed by atoms with Crippen molar-refractivity contribution in [1.82, 2.24) is 19.7 Å². The first-order chi connectivity index (χ1) is 16.2. The summed E-state index contributed by atoms with van der Waals surface area (Å²) < 4.78 is 68.5. The van der Waals surface area contributed by atoms with E-state index in [-0.39, 0.29) is 18.1 Å². The molecule has 0 atom stereocenters. The minimum absolute atomic E-state index is 0.146. The van der Waals surface area contributed by atoms with Crippen LogP contribution in [0.5, 0.6) is 5.75 Å². The van der Waals surface area contributed by atoms with Crippen molar-refractivity contribution in [2.24, 2.45) is 0 Å². The molecule has 0 saturated carbocycles. The van der Waals surface area contributed by atoms with Gasteiger partial charge in [-0.3, -0.25) is 9.48 Å². The van der Waals surface area contributed by atoms with E-state index in [2.05, 4.69) is 25.1 Å². The fourth-order valence-electron chi connectivity index (χ4n) is 3.03. The maximum atomic E-state index is 13.4. The molecule has 0 spiro atoms. The molecule has 4 aromatic rings. The lowest BCUT2D eigenvalue weighted by atomic mass is 10.1. The second kappa shape index (κ2) is 9.25. The van der Waals surface area contributed by atoms with Crippen molar-refractivity contribution < 1.29 is 31.5 Å². The average Bonchev–Trinajstić information content (AvgIpc) is 3.18. The molecule has 1 N–H and O–H groups in total. The molecule has 1 amide bonds. The predicted molar refractivity (Wildman–Crippen MR) is 110 cm³/mol. The van der Waals surface area contributed by atoms with E-state index in [1.54, 1.807) is 0 Å². The van der Waals surface area contributed by atoms with Gasteiger partial charge >= 0.3 is 6.36 Å². The number of alkyl halides is 3. The van der Waals surface area contributed by atoms with E-state index in [9.17, 15) is 26.7 Å².